The lowest BCUT2D eigenvalue weighted by atomic mass is 10.2. The Morgan fingerprint density at radius 1 is 1.29 bits per heavy atom. The average Bonchev–Trinajstić information content (AvgIpc) is 2.61. The predicted molar refractivity (Wildman–Crippen MR) is 93.9 cm³/mol. The molecular formula is C19H22N2O3. The van der Waals surface area contributed by atoms with E-state index in [1.807, 2.05) is 37.3 Å². The number of aromatic nitrogens is 1. The van der Waals surface area contributed by atoms with Crippen LogP contribution in [0, 0.1) is 0 Å². The van der Waals surface area contributed by atoms with Gasteiger partial charge in [-0.3, -0.25) is 9.78 Å². The minimum absolute atomic E-state index is 0.0771. The Labute approximate surface area is 142 Å². The van der Waals surface area contributed by atoms with Crippen LogP contribution in [0.15, 0.2) is 48.8 Å². The van der Waals surface area contributed by atoms with Gasteiger partial charge < -0.3 is 14.4 Å². The summed E-state index contributed by atoms with van der Waals surface area (Å²) in [6.45, 7) is 3.01. The number of hydrogen-bond donors (Lipinski definition) is 0. The van der Waals surface area contributed by atoms with Crippen molar-refractivity contribution in [1.29, 1.82) is 0 Å². The minimum atomic E-state index is -0.0771. The van der Waals surface area contributed by atoms with Crippen molar-refractivity contribution in [2.24, 2.45) is 0 Å². The fourth-order valence-electron chi connectivity index (χ4n) is 2.20. The molecule has 0 aliphatic carbocycles. The predicted octanol–water partition coefficient (Wildman–Crippen LogP) is 3.16. The molecule has 0 saturated heterocycles. The molecule has 0 radical (unpaired) electrons. The summed E-state index contributed by atoms with van der Waals surface area (Å²) < 4.78 is 10.8. The number of ether oxygens (including phenoxy) is 2. The quantitative estimate of drug-likeness (QED) is 0.734. The first-order chi connectivity index (χ1) is 11.6. The maximum absolute atomic E-state index is 12.2. The highest BCUT2D eigenvalue weighted by Gasteiger charge is 2.07. The van der Waals surface area contributed by atoms with Crippen LogP contribution in [0.25, 0.3) is 6.08 Å². The Morgan fingerprint density at radius 3 is 2.79 bits per heavy atom. The lowest BCUT2D eigenvalue weighted by molar-refractivity contribution is -0.125. The molecule has 0 aliphatic heterocycles. The van der Waals surface area contributed by atoms with Crippen LogP contribution in [-0.4, -0.2) is 36.6 Å². The number of amides is 1. The van der Waals surface area contributed by atoms with Crippen LogP contribution < -0.4 is 9.47 Å². The first-order valence-electron chi connectivity index (χ1n) is 7.77. The lowest BCUT2D eigenvalue weighted by Crippen LogP contribution is -2.24. The maximum atomic E-state index is 12.2. The molecule has 2 rings (SSSR count). The van der Waals surface area contributed by atoms with Crippen molar-refractivity contribution in [1.82, 2.24) is 9.88 Å². The van der Waals surface area contributed by atoms with Crippen molar-refractivity contribution in [3.63, 3.8) is 0 Å². The van der Waals surface area contributed by atoms with E-state index in [9.17, 15) is 4.79 Å². The standard InChI is InChI=1S/C19H22N2O3/c1-4-24-17-9-7-15(12-18(17)23-3)8-10-19(22)21(2)14-16-6-5-11-20-13-16/h5-13H,4,14H2,1-3H3/b10-8+. The number of carbonyl (C=O) groups excluding carboxylic acids is 1. The second-order valence-electron chi connectivity index (χ2n) is 5.23. The van der Waals surface area contributed by atoms with Gasteiger partial charge in [-0.15, -0.1) is 0 Å². The van der Waals surface area contributed by atoms with E-state index >= 15 is 0 Å². The molecule has 1 amide bonds. The second kappa shape index (κ2) is 8.72. The fourth-order valence-corrected chi connectivity index (χ4v) is 2.20. The van der Waals surface area contributed by atoms with Crippen LogP contribution in [0.4, 0.5) is 0 Å². The summed E-state index contributed by atoms with van der Waals surface area (Å²) in [6.07, 6.45) is 6.78. The van der Waals surface area contributed by atoms with Gasteiger partial charge in [0.05, 0.1) is 13.7 Å². The highest BCUT2D eigenvalue weighted by Crippen LogP contribution is 2.28. The first-order valence-corrected chi connectivity index (χ1v) is 7.77. The van der Waals surface area contributed by atoms with E-state index in [2.05, 4.69) is 4.98 Å². The largest absolute Gasteiger partial charge is 0.493 e. The van der Waals surface area contributed by atoms with Crippen LogP contribution in [0.5, 0.6) is 11.5 Å². The van der Waals surface area contributed by atoms with Crippen molar-refractivity contribution in [3.05, 3.63) is 59.9 Å². The van der Waals surface area contributed by atoms with Gasteiger partial charge in [0.1, 0.15) is 0 Å². The third-order valence-electron chi connectivity index (χ3n) is 3.42. The molecule has 1 aromatic heterocycles. The van der Waals surface area contributed by atoms with Crippen LogP contribution >= 0.6 is 0 Å². The Hall–Kier alpha value is -2.82. The molecule has 126 valence electrons. The fraction of sp³-hybridized carbons (Fsp3) is 0.263. The second-order valence-corrected chi connectivity index (χ2v) is 5.23. The number of nitrogens with zero attached hydrogens (tertiary/aromatic N) is 2. The molecule has 0 aliphatic rings. The maximum Gasteiger partial charge on any atom is 0.246 e. The van der Waals surface area contributed by atoms with Crippen LogP contribution in [0.3, 0.4) is 0 Å². The van der Waals surface area contributed by atoms with Gasteiger partial charge in [0.15, 0.2) is 11.5 Å². The molecule has 0 fully saturated rings. The van der Waals surface area contributed by atoms with Crippen molar-refractivity contribution in [2.45, 2.75) is 13.5 Å². The molecule has 0 saturated carbocycles. The summed E-state index contributed by atoms with van der Waals surface area (Å²) in [5.41, 5.74) is 1.86. The van der Waals surface area contributed by atoms with Crippen LogP contribution in [0.1, 0.15) is 18.1 Å². The third-order valence-corrected chi connectivity index (χ3v) is 3.42. The van der Waals surface area contributed by atoms with Crippen LogP contribution in [0.2, 0.25) is 0 Å². The van der Waals surface area contributed by atoms with E-state index in [1.54, 1.807) is 43.6 Å². The zero-order chi connectivity index (χ0) is 17.4. The number of likely N-dealkylation sites (N-methyl/N-ethyl adjacent to an activating group) is 1. The topological polar surface area (TPSA) is 51.7 Å². The van der Waals surface area contributed by atoms with E-state index in [0.717, 1.165) is 11.1 Å². The van der Waals surface area contributed by atoms with Gasteiger partial charge in [-0.25, -0.2) is 0 Å². The minimum Gasteiger partial charge on any atom is -0.493 e. The first kappa shape index (κ1) is 17.5. The van der Waals surface area contributed by atoms with Gasteiger partial charge in [-0.05, 0) is 42.3 Å². The SMILES string of the molecule is CCOc1ccc(/C=C/C(=O)N(C)Cc2cccnc2)cc1OC. The monoisotopic (exact) mass is 326 g/mol. The number of carbonyl (C=O) groups is 1. The molecule has 0 N–H and O–H groups in total. The van der Waals surface area contributed by atoms with E-state index in [0.29, 0.717) is 24.7 Å². The summed E-state index contributed by atoms with van der Waals surface area (Å²) in [7, 11) is 3.36. The van der Waals surface area contributed by atoms with Crippen molar-refractivity contribution in [3.8, 4) is 11.5 Å². The number of rotatable bonds is 7. The molecule has 0 unspecified atom stereocenters. The number of methoxy groups -OCH3 is 1. The number of benzene rings is 1. The third kappa shape index (κ3) is 4.84. The normalized spacial score (nSPS) is 10.6. The van der Waals surface area contributed by atoms with E-state index < -0.39 is 0 Å². The molecule has 0 spiro atoms. The molecule has 0 atom stereocenters. The van der Waals surface area contributed by atoms with Crippen molar-refractivity contribution in [2.75, 3.05) is 20.8 Å². The van der Waals surface area contributed by atoms with Crippen molar-refractivity contribution < 1.29 is 14.3 Å². The summed E-state index contributed by atoms with van der Waals surface area (Å²) in [4.78, 5) is 17.9. The molecular weight excluding hydrogens is 304 g/mol. The molecule has 24 heavy (non-hydrogen) atoms. The Morgan fingerprint density at radius 2 is 2.12 bits per heavy atom. The summed E-state index contributed by atoms with van der Waals surface area (Å²) in [6, 6.07) is 9.37. The zero-order valence-electron chi connectivity index (χ0n) is 14.2. The van der Waals surface area contributed by atoms with Gasteiger partial charge in [0, 0.05) is 32.1 Å². The summed E-state index contributed by atoms with van der Waals surface area (Å²) >= 11 is 0. The summed E-state index contributed by atoms with van der Waals surface area (Å²) in [5, 5.41) is 0. The molecule has 5 nitrogen and oxygen atoms in total. The Balaban J connectivity index is 2.02. The van der Waals surface area contributed by atoms with Gasteiger partial charge in [-0.1, -0.05) is 12.1 Å². The lowest BCUT2D eigenvalue weighted by Gasteiger charge is -2.14. The Bertz CT molecular complexity index is 699. The van der Waals surface area contributed by atoms with E-state index in [-0.39, 0.29) is 5.91 Å². The van der Waals surface area contributed by atoms with Gasteiger partial charge in [-0.2, -0.15) is 0 Å². The number of hydrogen-bond acceptors (Lipinski definition) is 4. The highest BCUT2D eigenvalue weighted by molar-refractivity contribution is 5.91. The molecule has 1 heterocycles. The zero-order valence-corrected chi connectivity index (χ0v) is 14.2. The molecule has 0 bridgehead atoms. The Kier molecular flexibility index (Phi) is 6.37. The van der Waals surface area contributed by atoms with Gasteiger partial charge in [0.25, 0.3) is 0 Å². The van der Waals surface area contributed by atoms with Gasteiger partial charge >= 0.3 is 0 Å². The highest BCUT2D eigenvalue weighted by atomic mass is 16.5. The van der Waals surface area contributed by atoms with E-state index in [4.69, 9.17) is 9.47 Å². The molecule has 1 aromatic carbocycles. The average molecular weight is 326 g/mol. The van der Waals surface area contributed by atoms with Crippen molar-refractivity contribution >= 4 is 12.0 Å². The van der Waals surface area contributed by atoms with Gasteiger partial charge in [0.2, 0.25) is 5.91 Å². The van der Waals surface area contributed by atoms with E-state index in [1.165, 1.54) is 0 Å². The summed E-state index contributed by atoms with van der Waals surface area (Å²) in [5.74, 6) is 1.26. The smallest absolute Gasteiger partial charge is 0.246 e. The molecule has 2 aromatic rings. The molecule has 5 heteroatoms. The number of pyridine rings is 1. The van der Waals surface area contributed by atoms with Crippen LogP contribution in [-0.2, 0) is 11.3 Å².